The molecule has 1 N–H and O–H groups in total. The standard InChI is InChI=1S/C24H23BrO2/c25-16-15-23(19-7-3-1-4-8-19)24(20-9-5-2-6-10-20)21-11-13-22(14-12-21)27-18-17-26/h1-14,26H,15-18H2/b24-23-. The largest absolute Gasteiger partial charge is 0.491 e. The number of hydrogen-bond donors (Lipinski definition) is 1. The molecule has 3 aromatic carbocycles. The van der Waals surface area contributed by atoms with Gasteiger partial charge in [-0.25, -0.2) is 0 Å². The average Bonchev–Trinajstić information content (AvgIpc) is 2.74. The van der Waals surface area contributed by atoms with Crippen LogP contribution in [0.3, 0.4) is 0 Å². The van der Waals surface area contributed by atoms with Crippen LogP contribution in [-0.2, 0) is 0 Å². The van der Waals surface area contributed by atoms with E-state index >= 15 is 0 Å². The molecule has 0 aliphatic heterocycles. The van der Waals surface area contributed by atoms with Gasteiger partial charge in [-0.15, -0.1) is 0 Å². The summed E-state index contributed by atoms with van der Waals surface area (Å²) in [6.07, 6.45) is 0.928. The van der Waals surface area contributed by atoms with Gasteiger partial charge in [0.25, 0.3) is 0 Å². The second kappa shape index (κ2) is 10.1. The maximum atomic E-state index is 8.94. The highest BCUT2D eigenvalue weighted by molar-refractivity contribution is 9.09. The Balaban J connectivity index is 2.13. The molecule has 0 fully saturated rings. The summed E-state index contributed by atoms with van der Waals surface area (Å²) in [5.74, 6) is 0.766. The number of benzene rings is 3. The summed E-state index contributed by atoms with van der Waals surface area (Å²) in [6.45, 7) is 0.319. The van der Waals surface area contributed by atoms with Crippen LogP contribution in [0.1, 0.15) is 23.1 Å². The van der Waals surface area contributed by atoms with Gasteiger partial charge >= 0.3 is 0 Å². The molecule has 0 spiro atoms. The van der Waals surface area contributed by atoms with Gasteiger partial charge in [-0.3, -0.25) is 0 Å². The second-order valence-corrected chi connectivity index (χ2v) is 6.91. The lowest BCUT2D eigenvalue weighted by molar-refractivity contribution is 0.201. The van der Waals surface area contributed by atoms with Crippen molar-refractivity contribution in [2.75, 3.05) is 18.5 Å². The normalized spacial score (nSPS) is 11.8. The molecule has 3 heteroatoms. The van der Waals surface area contributed by atoms with Gasteiger partial charge < -0.3 is 9.84 Å². The first-order valence-electron chi connectivity index (χ1n) is 9.07. The molecular formula is C24H23BrO2. The first kappa shape index (κ1) is 19.4. The number of aliphatic hydroxyl groups excluding tert-OH is 1. The van der Waals surface area contributed by atoms with Crippen molar-refractivity contribution >= 4 is 27.1 Å². The Morgan fingerprint density at radius 1 is 0.741 bits per heavy atom. The Morgan fingerprint density at radius 2 is 1.30 bits per heavy atom. The zero-order valence-corrected chi connectivity index (χ0v) is 16.7. The maximum Gasteiger partial charge on any atom is 0.119 e. The van der Waals surface area contributed by atoms with E-state index in [1.54, 1.807) is 0 Å². The molecule has 0 bridgehead atoms. The summed E-state index contributed by atoms with van der Waals surface area (Å²) >= 11 is 3.62. The molecule has 27 heavy (non-hydrogen) atoms. The van der Waals surface area contributed by atoms with Crippen LogP contribution in [0.2, 0.25) is 0 Å². The van der Waals surface area contributed by atoms with Crippen LogP contribution in [0.5, 0.6) is 5.75 Å². The molecular weight excluding hydrogens is 400 g/mol. The van der Waals surface area contributed by atoms with Crippen LogP contribution in [-0.4, -0.2) is 23.7 Å². The third-order valence-corrected chi connectivity index (χ3v) is 4.73. The lowest BCUT2D eigenvalue weighted by Gasteiger charge is -2.17. The van der Waals surface area contributed by atoms with Gasteiger partial charge in [0.1, 0.15) is 12.4 Å². The molecule has 0 saturated carbocycles. The summed E-state index contributed by atoms with van der Waals surface area (Å²) in [5, 5.41) is 9.83. The molecule has 0 aliphatic carbocycles. The molecule has 3 aromatic rings. The summed E-state index contributed by atoms with van der Waals surface area (Å²) in [7, 11) is 0. The second-order valence-electron chi connectivity index (χ2n) is 6.12. The lowest BCUT2D eigenvalue weighted by atomic mass is 9.88. The molecule has 2 nitrogen and oxygen atoms in total. The number of halogens is 1. The van der Waals surface area contributed by atoms with E-state index in [1.807, 2.05) is 24.3 Å². The Bertz CT molecular complexity index is 856. The SMILES string of the molecule is OCCOc1ccc(/C(=C(/CCBr)c2ccccc2)c2ccccc2)cc1. The third kappa shape index (κ3) is 5.09. The van der Waals surface area contributed by atoms with E-state index in [2.05, 4.69) is 76.6 Å². The van der Waals surface area contributed by atoms with Crippen molar-refractivity contribution in [3.05, 3.63) is 102 Å². The maximum absolute atomic E-state index is 8.94. The van der Waals surface area contributed by atoms with E-state index in [0.717, 1.165) is 23.1 Å². The van der Waals surface area contributed by atoms with Crippen molar-refractivity contribution in [3.63, 3.8) is 0 Å². The van der Waals surface area contributed by atoms with E-state index in [4.69, 9.17) is 9.84 Å². The van der Waals surface area contributed by atoms with E-state index < -0.39 is 0 Å². The van der Waals surface area contributed by atoms with E-state index in [1.165, 1.54) is 22.3 Å². The quantitative estimate of drug-likeness (QED) is 0.367. The summed E-state index contributed by atoms with van der Waals surface area (Å²) in [6, 6.07) is 29.1. The van der Waals surface area contributed by atoms with Gasteiger partial charge in [0.2, 0.25) is 0 Å². The number of allylic oxidation sites excluding steroid dienone is 1. The third-order valence-electron chi connectivity index (χ3n) is 4.33. The van der Waals surface area contributed by atoms with Crippen LogP contribution in [0.4, 0.5) is 0 Å². The van der Waals surface area contributed by atoms with Crippen LogP contribution < -0.4 is 4.74 Å². The number of alkyl halides is 1. The number of ether oxygens (including phenoxy) is 1. The summed E-state index contributed by atoms with van der Waals surface area (Å²) in [4.78, 5) is 0. The molecule has 0 atom stereocenters. The van der Waals surface area contributed by atoms with Gasteiger partial charge in [0, 0.05) is 5.33 Å². The lowest BCUT2D eigenvalue weighted by Crippen LogP contribution is -2.01. The molecule has 138 valence electrons. The van der Waals surface area contributed by atoms with Crippen molar-refractivity contribution in [1.82, 2.24) is 0 Å². The molecule has 0 unspecified atom stereocenters. The molecule has 3 rings (SSSR count). The molecule has 0 aromatic heterocycles. The fraction of sp³-hybridized carbons (Fsp3) is 0.167. The van der Waals surface area contributed by atoms with Crippen LogP contribution in [0, 0.1) is 0 Å². The Hall–Kier alpha value is -2.36. The van der Waals surface area contributed by atoms with Crippen LogP contribution >= 0.6 is 15.9 Å². The van der Waals surface area contributed by atoms with Gasteiger partial charge in [0.15, 0.2) is 0 Å². The minimum Gasteiger partial charge on any atom is -0.491 e. The minimum atomic E-state index is 0.0142. The average molecular weight is 423 g/mol. The zero-order valence-electron chi connectivity index (χ0n) is 15.1. The first-order valence-corrected chi connectivity index (χ1v) is 10.2. The summed E-state index contributed by atoms with van der Waals surface area (Å²) < 4.78 is 5.51. The van der Waals surface area contributed by atoms with Crippen LogP contribution in [0.25, 0.3) is 11.1 Å². The first-order chi connectivity index (χ1) is 13.3. The van der Waals surface area contributed by atoms with Crippen molar-refractivity contribution in [2.24, 2.45) is 0 Å². The minimum absolute atomic E-state index is 0.0142. The predicted molar refractivity (Wildman–Crippen MR) is 116 cm³/mol. The van der Waals surface area contributed by atoms with Crippen molar-refractivity contribution in [1.29, 1.82) is 0 Å². The molecule has 0 aliphatic rings. The highest BCUT2D eigenvalue weighted by atomic mass is 79.9. The fourth-order valence-corrected chi connectivity index (χ4v) is 3.55. The van der Waals surface area contributed by atoms with Gasteiger partial charge in [-0.1, -0.05) is 88.7 Å². The smallest absolute Gasteiger partial charge is 0.119 e. The highest BCUT2D eigenvalue weighted by Crippen LogP contribution is 2.35. The summed E-state index contributed by atoms with van der Waals surface area (Å²) in [5.41, 5.74) is 6.12. The number of aliphatic hydroxyl groups is 1. The van der Waals surface area contributed by atoms with Crippen LogP contribution in [0.15, 0.2) is 84.9 Å². The topological polar surface area (TPSA) is 29.5 Å². The van der Waals surface area contributed by atoms with Gasteiger partial charge in [-0.2, -0.15) is 0 Å². The number of rotatable bonds is 8. The zero-order chi connectivity index (χ0) is 18.9. The van der Waals surface area contributed by atoms with Crippen molar-refractivity contribution in [3.8, 4) is 5.75 Å². The van der Waals surface area contributed by atoms with E-state index in [-0.39, 0.29) is 6.61 Å². The predicted octanol–water partition coefficient (Wildman–Crippen LogP) is 5.80. The molecule has 0 amide bonds. The Labute approximate surface area is 169 Å². The molecule has 0 radical (unpaired) electrons. The van der Waals surface area contributed by atoms with Gasteiger partial charge in [-0.05, 0) is 46.4 Å². The highest BCUT2D eigenvalue weighted by Gasteiger charge is 2.13. The van der Waals surface area contributed by atoms with Gasteiger partial charge in [0.05, 0.1) is 6.61 Å². The van der Waals surface area contributed by atoms with E-state index in [0.29, 0.717) is 6.61 Å². The van der Waals surface area contributed by atoms with Crippen molar-refractivity contribution in [2.45, 2.75) is 6.42 Å². The monoisotopic (exact) mass is 422 g/mol. The fourth-order valence-electron chi connectivity index (χ4n) is 3.15. The van der Waals surface area contributed by atoms with Crippen molar-refractivity contribution < 1.29 is 9.84 Å². The molecule has 0 saturated heterocycles. The molecule has 0 heterocycles. The van der Waals surface area contributed by atoms with E-state index in [9.17, 15) is 0 Å². The Morgan fingerprint density at radius 3 is 1.85 bits per heavy atom. The Kier molecular flexibility index (Phi) is 7.26. The number of hydrogen-bond acceptors (Lipinski definition) is 2.